The summed E-state index contributed by atoms with van der Waals surface area (Å²) in [6.07, 6.45) is 6.57. The number of hydrogen-bond donors (Lipinski definition) is 1. The number of carboxylic acids is 1. The quantitative estimate of drug-likeness (QED) is 0.558. The van der Waals surface area contributed by atoms with Gasteiger partial charge in [0.25, 0.3) is 0 Å². The van der Waals surface area contributed by atoms with Gasteiger partial charge in [0, 0.05) is 6.42 Å². The van der Waals surface area contributed by atoms with Crippen molar-refractivity contribution in [2.24, 2.45) is 0 Å². The predicted octanol–water partition coefficient (Wildman–Crippen LogP) is 3.17. The molecule has 0 aromatic heterocycles. The molecule has 0 rings (SSSR count). The fourth-order valence-corrected chi connectivity index (χ4v) is 1.62. The van der Waals surface area contributed by atoms with E-state index < -0.39 is 5.97 Å². The van der Waals surface area contributed by atoms with Gasteiger partial charge in [0.2, 0.25) is 0 Å². The molecule has 17 heavy (non-hydrogen) atoms. The maximum atomic E-state index is 10.2. The third kappa shape index (κ3) is 14.9. The molecular formula is C14H20O2S. The van der Waals surface area contributed by atoms with E-state index >= 15 is 0 Å². The molecule has 3 heteroatoms. The third-order valence-electron chi connectivity index (χ3n) is 1.98. The van der Waals surface area contributed by atoms with Crippen LogP contribution in [0, 0.1) is 23.7 Å². The first kappa shape index (κ1) is 15.9. The van der Waals surface area contributed by atoms with Crippen LogP contribution in [0.5, 0.6) is 0 Å². The van der Waals surface area contributed by atoms with Gasteiger partial charge in [-0.2, -0.15) is 0 Å². The fraction of sp³-hybridized carbons (Fsp3) is 0.643. The molecule has 0 saturated heterocycles. The summed E-state index contributed by atoms with van der Waals surface area (Å²) in [4.78, 5) is 10.2. The molecule has 2 nitrogen and oxygen atoms in total. The van der Waals surface area contributed by atoms with Gasteiger partial charge in [0.15, 0.2) is 0 Å². The van der Waals surface area contributed by atoms with Crippen LogP contribution in [0.3, 0.4) is 0 Å². The number of hydrogen-bond acceptors (Lipinski definition) is 2. The maximum absolute atomic E-state index is 10.2. The summed E-state index contributed by atoms with van der Waals surface area (Å²) in [6, 6.07) is 0. The molecule has 0 saturated carbocycles. The Labute approximate surface area is 109 Å². The van der Waals surface area contributed by atoms with Crippen LogP contribution in [-0.4, -0.2) is 22.6 Å². The van der Waals surface area contributed by atoms with Gasteiger partial charge >= 0.3 is 5.97 Å². The molecule has 0 heterocycles. The van der Waals surface area contributed by atoms with E-state index in [0.717, 1.165) is 6.42 Å². The van der Waals surface area contributed by atoms with Crippen molar-refractivity contribution in [2.75, 3.05) is 11.5 Å². The van der Waals surface area contributed by atoms with Crippen molar-refractivity contribution in [1.29, 1.82) is 0 Å². The van der Waals surface area contributed by atoms with Gasteiger partial charge < -0.3 is 5.11 Å². The summed E-state index contributed by atoms with van der Waals surface area (Å²) < 4.78 is 0. The highest BCUT2D eigenvalue weighted by molar-refractivity contribution is 8.00. The molecule has 0 aliphatic rings. The molecule has 0 radical (unpaired) electrons. The Balaban J connectivity index is 3.34. The van der Waals surface area contributed by atoms with Gasteiger partial charge in [-0.25, -0.2) is 0 Å². The van der Waals surface area contributed by atoms with Crippen molar-refractivity contribution in [3.8, 4) is 23.7 Å². The first-order valence-electron chi connectivity index (χ1n) is 5.98. The van der Waals surface area contributed by atoms with Crippen molar-refractivity contribution in [3.05, 3.63) is 0 Å². The summed E-state index contributed by atoms with van der Waals surface area (Å²) in [5.74, 6) is 11.8. The van der Waals surface area contributed by atoms with Crippen molar-refractivity contribution in [1.82, 2.24) is 0 Å². The molecule has 94 valence electrons. The van der Waals surface area contributed by atoms with Crippen LogP contribution in [0.15, 0.2) is 0 Å². The molecular weight excluding hydrogens is 232 g/mol. The van der Waals surface area contributed by atoms with E-state index in [4.69, 9.17) is 5.11 Å². The molecule has 0 aromatic rings. The van der Waals surface area contributed by atoms with Gasteiger partial charge in [-0.3, -0.25) is 4.79 Å². The summed E-state index contributed by atoms with van der Waals surface area (Å²) in [6.45, 7) is 2.20. The topological polar surface area (TPSA) is 37.3 Å². The second-order valence-corrected chi connectivity index (χ2v) is 4.57. The second-order valence-electron chi connectivity index (χ2n) is 3.58. The predicted molar refractivity (Wildman–Crippen MR) is 73.9 cm³/mol. The zero-order valence-corrected chi connectivity index (χ0v) is 11.2. The fourth-order valence-electron chi connectivity index (χ4n) is 1.14. The van der Waals surface area contributed by atoms with Crippen molar-refractivity contribution in [2.45, 2.75) is 45.4 Å². The lowest BCUT2D eigenvalue weighted by molar-refractivity contribution is -0.133. The van der Waals surface area contributed by atoms with Gasteiger partial charge in [-0.1, -0.05) is 43.9 Å². The Morgan fingerprint density at radius 3 is 2.59 bits per heavy atom. The molecule has 0 aliphatic heterocycles. The first-order valence-corrected chi connectivity index (χ1v) is 7.13. The second kappa shape index (κ2) is 13.0. The van der Waals surface area contributed by atoms with Crippen LogP contribution < -0.4 is 0 Å². The maximum Gasteiger partial charge on any atom is 0.313 e. The molecule has 0 bridgehead atoms. The van der Waals surface area contributed by atoms with Crippen molar-refractivity contribution < 1.29 is 9.90 Å². The minimum atomic E-state index is -0.788. The normalized spacial score (nSPS) is 8.76. The summed E-state index contributed by atoms with van der Waals surface area (Å²) in [7, 11) is 0. The van der Waals surface area contributed by atoms with Crippen LogP contribution in [0.2, 0.25) is 0 Å². The van der Waals surface area contributed by atoms with E-state index in [1.54, 1.807) is 0 Å². The number of carboxylic acid groups (broad SMARTS) is 1. The highest BCUT2D eigenvalue weighted by Gasteiger charge is 1.92. The lowest BCUT2D eigenvalue weighted by Crippen LogP contribution is -1.97. The standard InChI is InChI=1S/C14H20O2S/c1-2-3-4-5-6-7-8-9-10-11-12-17-13-14(15)16/h2-6,9,12-13H2,1H3,(H,15,16). The smallest absolute Gasteiger partial charge is 0.313 e. The van der Waals surface area contributed by atoms with Crippen LogP contribution in [0.4, 0.5) is 0 Å². The summed E-state index contributed by atoms with van der Waals surface area (Å²) >= 11 is 1.32. The van der Waals surface area contributed by atoms with Crippen molar-refractivity contribution >= 4 is 17.7 Å². The van der Waals surface area contributed by atoms with Crippen LogP contribution >= 0.6 is 11.8 Å². The highest BCUT2D eigenvalue weighted by Crippen LogP contribution is 2.00. The average Bonchev–Trinajstić information content (AvgIpc) is 2.30. The average molecular weight is 252 g/mol. The minimum absolute atomic E-state index is 0.123. The van der Waals surface area contributed by atoms with E-state index in [-0.39, 0.29) is 5.75 Å². The van der Waals surface area contributed by atoms with Gasteiger partial charge in [-0.15, -0.1) is 17.7 Å². The van der Waals surface area contributed by atoms with Crippen LogP contribution in [0.25, 0.3) is 0 Å². The van der Waals surface area contributed by atoms with E-state index in [0.29, 0.717) is 12.2 Å². The van der Waals surface area contributed by atoms with Crippen LogP contribution in [0.1, 0.15) is 45.4 Å². The molecule has 1 N–H and O–H groups in total. The van der Waals surface area contributed by atoms with E-state index in [1.807, 2.05) is 0 Å². The SMILES string of the molecule is CCCCCCC#CCC#CCSCC(=O)O. The molecule has 0 amide bonds. The number of unbranched alkanes of at least 4 members (excludes halogenated alkanes) is 4. The largest absolute Gasteiger partial charge is 0.481 e. The van der Waals surface area contributed by atoms with Crippen molar-refractivity contribution in [3.63, 3.8) is 0 Å². The zero-order chi connectivity index (χ0) is 12.8. The Morgan fingerprint density at radius 1 is 1.12 bits per heavy atom. The van der Waals surface area contributed by atoms with E-state index in [1.165, 1.54) is 37.4 Å². The summed E-state index contributed by atoms with van der Waals surface area (Å²) in [5.41, 5.74) is 0. The molecule has 0 unspecified atom stereocenters. The minimum Gasteiger partial charge on any atom is -0.481 e. The zero-order valence-electron chi connectivity index (χ0n) is 10.4. The van der Waals surface area contributed by atoms with Gasteiger partial charge in [-0.05, 0) is 6.42 Å². The molecule has 0 aromatic carbocycles. The third-order valence-corrected chi connectivity index (χ3v) is 2.78. The number of aliphatic carboxylic acids is 1. The molecule has 0 atom stereocenters. The first-order chi connectivity index (χ1) is 8.27. The van der Waals surface area contributed by atoms with Gasteiger partial charge in [0.05, 0.1) is 17.9 Å². The number of thioether (sulfide) groups is 1. The molecule has 0 aliphatic carbocycles. The monoisotopic (exact) mass is 252 g/mol. The Hall–Kier alpha value is -1.06. The van der Waals surface area contributed by atoms with Gasteiger partial charge in [0.1, 0.15) is 0 Å². The lowest BCUT2D eigenvalue weighted by Gasteiger charge is -1.91. The van der Waals surface area contributed by atoms with E-state index in [2.05, 4.69) is 30.6 Å². The highest BCUT2D eigenvalue weighted by atomic mass is 32.2. The summed E-state index contributed by atoms with van der Waals surface area (Å²) in [5, 5.41) is 8.38. The Bertz CT molecular complexity index is 315. The molecule has 0 spiro atoms. The van der Waals surface area contributed by atoms with Crippen LogP contribution in [-0.2, 0) is 4.79 Å². The lowest BCUT2D eigenvalue weighted by atomic mass is 10.1. The Morgan fingerprint density at radius 2 is 1.88 bits per heavy atom. The number of carbonyl (C=O) groups is 1. The Kier molecular flexibility index (Phi) is 12.2. The van der Waals surface area contributed by atoms with E-state index in [9.17, 15) is 4.79 Å². The number of rotatable bonds is 7. The molecule has 0 fully saturated rings.